The molecule has 48 valence electrons. The SMILES string of the molecule is C1CN1.CCC(=O)O. The maximum atomic E-state index is 9.37. The molecule has 0 bridgehead atoms. The summed E-state index contributed by atoms with van der Waals surface area (Å²) >= 11 is 0. The first kappa shape index (κ1) is 7.43. The average molecular weight is 117 g/mol. The summed E-state index contributed by atoms with van der Waals surface area (Å²) in [5.41, 5.74) is 0. The minimum Gasteiger partial charge on any atom is -0.481 e. The summed E-state index contributed by atoms with van der Waals surface area (Å²) < 4.78 is 0. The molecule has 0 aromatic heterocycles. The maximum absolute atomic E-state index is 9.37. The lowest BCUT2D eigenvalue weighted by Gasteiger charge is -1.71. The monoisotopic (exact) mass is 117 g/mol. The zero-order chi connectivity index (χ0) is 6.41. The van der Waals surface area contributed by atoms with Crippen LogP contribution in [0.4, 0.5) is 0 Å². The number of rotatable bonds is 1. The van der Waals surface area contributed by atoms with Gasteiger partial charge in [0.15, 0.2) is 0 Å². The van der Waals surface area contributed by atoms with Crippen molar-refractivity contribution in [2.24, 2.45) is 0 Å². The van der Waals surface area contributed by atoms with E-state index in [1.807, 2.05) is 0 Å². The van der Waals surface area contributed by atoms with Crippen molar-refractivity contribution in [3.8, 4) is 0 Å². The lowest BCUT2D eigenvalue weighted by molar-refractivity contribution is -0.136. The van der Waals surface area contributed by atoms with Crippen LogP contribution >= 0.6 is 0 Å². The molecular formula is C5H11NO2. The Labute approximate surface area is 48.7 Å². The lowest BCUT2D eigenvalue weighted by atomic mass is 10.5. The van der Waals surface area contributed by atoms with Crippen molar-refractivity contribution in [2.45, 2.75) is 13.3 Å². The Morgan fingerprint density at radius 3 is 2.00 bits per heavy atom. The van der Waals surface area contributed by atoms with Crippen LogP contribution in [-0.2, 0) is 4.79 Å². The summed E-state index contributed by atoms with van der Waals surface area (Å²) in [7, 11) is 0. The molecule has 0 amide bonds. The predicted octanol–water partition coefficient (Wildman–Crippen LogP) is 0.0706. The van der Waals surface area contributed by atoms with Crippen LogP contribution in [0.1, 0.15) is 13.3 Å². The van der Waals surface area contributed by atoms with Gasteiger partial charge in [0.25, 0.3) is 0 Å². The van der Waals surface area contributed by atoms with Gasteiger partial charge in [-0.2, -0.15) is 0 Å². The number of aliphatic carboxylic acids is 1. The minimum absolute atomic E-state index is 0.222. The van der Waals surface area contributed by atoms with Crippen molar-refractivity contribution >= 4 is 5.97 Å². The third kappa shape index (κ3) is 18.0. The maximum Gasteiger partial charge on any atom is 0.303 e. The van der Waals surface area contributed by atoms with Gasteiger partial charge in [-0.1, -0.05) is 6.92 Å². The highest BCUT2D eigenvalue weighted by atomic mass is 16.4. The summed E-state index contributed by atoms with van der Waals surface area (Å²) in [6.45, 7) is 4.10. The van der Waals surface area contributed by atoms with Crippen LogP contribution in [0.2, 0.25) is 0 Å². The summed E-state index contributed by atoms with van der Waals surface area (Å²) in [5, 5.41) is 10.7. The van der Waals surface area contributed by atoms with Crippen molar-refractivity contribution in [3.63, 3.8) is 0 Å². The van der Waals surface area contributed by atoms with E-state index < -0.39 is 5.97 Å². The summed E-state index contributed by atoms with van der Waals surface area (Å²) in [5.74, 6) is -0.745. The third-order valence-corrected chi connectivity index (χ3v) is 0.552. The molecule has 8 heavy (non-hydrogen) atoms. The number of hydrogen-bond donors (Lipinski definition) is 2. The Balaban J connectivity index is 0.000000135. The average Bonchev–Trinajstić information content (AvgIpc) is 2.48. The van der Waals surface area contributed by atoms with Crippen LogP contribution in [0.3, 0.4) is 0 Å². The molecule has 0 atom stereocenters. The van der Waals surface area contributed by atoms with E-state index in [4.69, 9.17) is 5.11 Å². The molecule has 3 heteroatoms. The molecule has 0 unspecified atom stereocenters. The van der Waals surface area contributed by atoms with E-state index in [2.05, 4.69) is 5.32 Å². The highest BCUT2D eigenvalue weighted by molar-refractivity contribution is 5.66. The van der Waals surface area contributed by atoms with Gasteiger partial charge in [-0.05, 0) is 0 Å². The van der Waals surface area contributed by atoms with Crippen molar-refractivity contribution in [2.75, 3.05) is 13.1 Å². The number of carbonyl (C=O) groups is 1. The van der Waals surface area contributed by atoms with Gasteiger partial charge in [0, 0.05) is 19.5 Å². The van der Waals surface area contributed by atoms with Crippen LogP contribution in [0.25, 0.3) is 0 Å². The van der Waals surface area contributed by atoms with Crippen LogP contribution in [0, 0.1) is 0 Å². The fraction of sp³-hybridized carbons (Fsp3) is 0.800. The molecule has 1 fully saturated rings. The van der Waals surface area contributed by atoms with Gasteiger partial charge in [-0.3, -0.25) is 4.79 Å². The van der Waals surface area contributed by atoms with E-state index >= 15 is 0 Å². The molecule has 1 aliphatic rings. The molecule has 2 N–H and O–H groups in total. The largest absolute Gasteiger partial charge is 0.481 e. The molecule has 0 saturated carbocycles. The van der Waals surface area contributed by atoms with E-state index in [9.17, 15) is 4.79 Å². The Morgan fingerprint density at radius 2 is 2.00 bits per heavy atom. The number of carboxylic acids is 1. The van der Waals surface area contributed by atoms with Gasteiger partial charge in [-0.25, -0.2) is 0 Å². The number of hydrogen-bond acceptors (Lipinski definition) is 2. The van der Waals surface area contributed by atoms with Crippen molar-refractivity contribution < 1.29 is 9.90 Å². The molecule has 1 aliphatic heterocycles. The zero-order valence-corrected chi connectivity index (χ0v) is 4.98. The quantitative estimate of drug-likeness (QED) is 0.478. The third-order valence-electron chi connectivity index (χ3n) is 0.552. The van der Waals surface area contributed by atoms with E-state index in [1.165, 1.54) is 13.1 Å². The molecule has 0 radical (unpaired) electrons. The Hall–Kier alpha value is -0.570. The summed E-state index contributed by atoms with van der Waals surface area (Å²) in [4.78, 5) is 9.37. The molecule has 1 heterocycles. The minimum atomic E-state index is -0.745. The fourth-order valence-corrected chi connectivity index (χ4v) is 0. The number of nitrogens with one attached hydrogen (secondary N) is 1. The molecule has 0 aliphatic carbocycles. The second-order valence-corrected chi connectivity index (χ2v) is 1.50. The fourth-order valence-electron chi connectivity index (χ4n) is 0. The molecule has 0 spiro atoms. The van der Waals surface area contributed by atoms with E-state index in [-0.39, 0.29) is 6.42 Å². The van der Waals surface area contributed by atoms with Crippen molar-refractivity contribution in [3.05, 3.63) is 0 Å². The Morgan fingerprint density at radius 1 is 1.75 bits per heavy atom. The molecule has 0 aromatic carbocycles. The zero-order valence-electron chi connectivity index (χ0n) is 4.98. The van der Waals surface area contributed by atoms with Crippen LogP contribution in [-0.4, -0.2) is 24.2 Å². The van der Waals surface area contributed by atoms with Gasteiger partial charge in [0.2, 0.25) is 0 Å². The first-order chi connectivity index (χ1) is 3.77. The Kier molecular flexibility index (Phi) is 4.26. The standard InChI is InChI=1S/C3H6O2.C2H5N/c1-2-3(4)5;1-2-3-1/h2H2,1H3,(H,4,5);3H,1-2H2. The van der Waals surface area contributed by atoms with E-state index in [1.54, 1.807) is 6.92 Å². The van der Waals surface area contributed by atoms with Gasteiger partial charge >= 0.3 is 5.97 Å². The van der Waals surface area contributed by atoms with Crippen LogP contribution in [0.5, 0.6) is 0 Å². The summed E-state index contributed by atoms with van der Waals surface area (Å²) in [6, 6.07) is 0. The Bertz CT molecular complexity index is 68.1. The molecule has 0 aromatic rings. The second-order valence-electron chi connectivity index (χ2n) is 1.50. The lowest BCUT2D eigenvalue weighted by Crippen LogP contribution is -1.86. The van der Waals surface area contributed by atoms with E-state index in [0.29, 0.717) is 0 Å². The van der Waals surface area contributed by atoms with Gasteiger partial charge < -0.3 is 10.4 Å². The molecule has 1 rings (SSSR count). The highest BCUT2D eigenvalue weighted by Crippen LogP contribution is 1.67. The first-order valence-electron chi connectivity index (χ1n) is 2.70. The van der Waals surface area contributed by atoms with Gasteiger partial charge in [-0.15, -0.1) is 0 Å². The second kappa shape index (κ2) is 4.59. The van der Waals surface area contributed by atoms with E-state index in [0.717, 1.165) is 0 Å². The smallest absolute Gasteiger partial charge is 0.303 e. The topological polar surface area (TPSA) is 59.2 Å². The van der Waals surface area contributed by atoms with Crippen LogP contribution in [0.15, 0.2) is 0 Å². The first-order valence-corrected chi connectivity index (χ1v) is 2.70. The van der Waals surface area contributed by atoms with Gasteiger partial charge in [0.1, 0.15) is 0 Å². The molecule has 3 nitrogen and oxygen atoms in total. The summed E-state index contributed by atoms with van der Waals surface area (Å²) in [6.07, 6.45) is 0.222. The molecular weight excluding hydrogens is 106 g/mol. The normalized spacial score (nSPS) is 13.6. The van der Waals surface area contributed by atoms with Gasteiger partial charge in [0.05, 0.1) is 0 Å². The number of carboxylic acid groups (broad SMARTS) is 1. The van der Waals surface area contributed by atoms with Crippen molar-refractivity contribution in [1.82, 2.24) is 5.32 Å². The van der Waals surface area contributed by atoms with Crippen molar-refractivity contribution in [1.29, 1.82) is 0 Å². The highest BCUT2D eigenvalue weighted by Gasteiger charge is 1.91. The molecule has 1 saturated heterocycles. The van der Waals surface area contributed by atoms with Crippen LogP contribution < -0.4 is 5.32 Å². The predicted molar refractivity (Wildman–Crippen MR) is 30.8 cm³/mol.